The molecule has 0 aliphatic carbocycles. The third kappa shape index (κ3) is 2.75. The van der Waals surface area contributed by atoms with E-state index in [-0.39, 0.29) is 11.3 Å². The Balaban J connectivity index is 2.64. The van der Waals surface area contributed by atoms with E-state index in [1.54, 1.807) is 0 Å². The first kappa shape index (κ1) is 13.0. The lowest BCUT2D eigenvalue weighted by Gasteiger charge is -2.30. The Hall–Kier alpha value is -1.05. The zero-order valence-corrected chi connectivity index (χ0v) is 11.0. The molecular weight excluding hydrogens is 198 g/mol. The Morgan fingerprint density at radius 3 is 2.38 bits per heavy atom. The van der Waals surface area contributed by atoms with Crippen molar-refractivity contribution in [2.24, 2.45) is 11.3 Å². The van der Waals surface area contributed by atoms with Crippen molar-refractivity contribution >= 4 is 5.91 Å². The zero-order chi connectivity index (χ0) is 12.5. The van der Waals surface area contributed by atoms with Crippen LogP contribution in [0.2, 0.25) is 0 Å². The van der Waals surface area contributed by atoms with Gasteiger partial charge in [0.05, 0.1) is 0 Å². The molecule has 1 unspecified atom stereocenters. The van der Waals surface area contributed by atoms with Crippen LogP contribution in [0.5, 0.6) is 0 Å². The number of likely N-dealkylation sites (tertiary alicyclic amines) is 1. The van der Waals surface area contributed by atoms with E-state index < -0.39 is 0 Å². The summed E-state index contributed by atoms with van der Waals surface area (Å²) in [4.78, 5) is 13.4. The van der Waals surface area contributed by atoms with Crippen molar-refractivity contribution < 1.29 is 4.79 Å². The number of allylic oxidation sites excluding steroid dienone is 1. The van der Waals surface area contributed by atoms with Crippen molar-refractivity contribution in [1.82, 2.24) is 4.90 Å². The highest BCUT2D eigenvalue weighted by molar-refractivity contribution is 5.81. The molecule has 2 heteroatoms. The number of rotatable bonds is 3. The van der Waals surface area contributed by atoms with Gasteiger partial charge in [0.25, 0.3) is 0 Å². The van der Waals surface area contributed by atoms with E-state index in [2.05, 4.69) is 40.9 Å². The van der Waals surface area contributed by atoms with Crippen molar-refractivity contribution in [2.45, 2.75) is 40.5 Å². The van der Waals surface area contributed by atoms with Crippen LogP contribution in [-0.2, 0) is 4.79 Å². The third-order valence-electron chi connectivity index (χ3n) is 3.32. The second kappa shape index (κ2) is 4.44. The highest BCUT2D eigenvalue weighted by Gasteiger charge is 2.28. The number of carbonyl (C=O) groups excluding carboxylic acids is 1. The fourth-order valence-electron chi connectivity index (χ4n) is 2.05. The van der Waals surface area contributed by atoms with Crippen LogP contribution in [0, 0.1) is 11.3 Å². The molecule has 0 N–H and O–H groups in total. The molecule has 1 aliphatic rings. The minimum absolute atomic E-state index is 0.101. The predicted octanol–water partition coefficient (Wildman–Crippen LogP) is 3.36. The van der Waals surface area contributed by atoms with Crippen LogP contribution in [0.4, 0.5) is 0 Å². The molecule has 0 bridgehead atoms. The summed E-state index contributed by atoms with van der Waals surface area (Å²) in [6.07, 6.45) is 1.43. The maximum Gasteiger partial charge on any atom is 0.227 e. The maximum absolute atomic E-state index is 11.6. The van der Waals surface area contributed by atoms with Gasteiger partial charge in [-0.1, -0.05) is 46.4 Å². The third-order valence-corrected chi connectivity index (χ3v) is 3.32. The standard InChI is InChI=1S/C14H23NO/c1-10(12(3)14(4,5)6)9-15-11(2)7-8-13(15)16/h10H,2-3,7-9H2,1,4-6H3. The Morgan fingerprint density at radius 2 is 2.00 bits per heavy atom. The lowest BCUT2D eigenvalue weighted by molar-refractivity contribution is -0.127. The summed E-state index contributed by atoms with van der Waals surface area (Å²) in [6.45, 7) is 17.4. The van der Waals surface area contributed by atoms with Crippen molar-refractivity contribution in [3.05, 3.63) is 24.4 Å². The quantitative estimate of drug-likeness (QED) is 0.669. The van der Waals surface area contributed by atoms with Gasteiger partial charge in [-0.05, 0) is 17.8 Å². The minimum Gasteiger partial charge on any atom is -0.316 e. The molecule has 1 heterocycles. The summed E-state index contributed by atoms with van der Waals surface area (Å²) >= 11 is 0. The van der Waals surface area contributed by atoms with Gasteiger partial charge in [-0.2, -0.15) is 0 Å². The summed E-state index contributed by atoms with van der Waals surface area (Å²) in [6, 6.07) is 0. The average Bonchev–Trinajstić information content (AvgIpc) is 2.46. The number of carbonyl (C=O) groups is 1. The largest absolute Gasteiger partial charge is 0.316 e. The van der Waals surface area contributed by atoms with E-state index in [9.17, 15) is 4.79 Å². The molecule has 1 amide bonds. The molecule has 0 aromatic carbocycles. The van der Waals surface area contributed by atoms with E-state index in [0.29, 0.717) is 12.3 Å². The number of hydrogen-bond acceptors (Lipinski definition) is 1. The molecule has 0 aromatic heterocycles. The average molecular weight is 221 g/mol. The Bertz CT molecular complexity index is 306. The van der Waals surface area contributed by atoms with Gasteiger partial charge in [-0.25, -0.2) is 0 Å². The molecule has 1 saturated heterocycles. The second-order valence-electron chi connectivity index (χ2n) is 5.75. The molecule has 2 nitrogen and oxygen atoms in total. The van der Waals surface area contributed by atoms with Crippen LogP contribution in [0.1, 0.15) is 40.5 Å². The predicted molar refractivity (Wildman–Crippen MR) is 67.8 cm³/mol. The lowest BCUT2D eigenvalue weighted by atomic mass is 9.80. The fourth-order valence-corrected chi connectivity index (χ4v) is 2.05. The first-order valence-electron chi connectivity index (χ1n) is 5.91. The molecule has 1 rings (SSSR count). The first-order valence-corrected chi connectivity index (χ1v) is 5.91. The van der Waals surface area contributed by atoms with Crippen molar-refractivity contribution in [2.75, 3.05) is 6.54 Å². The molecule has 1 fully saturated rings. The Morgan fingerprint density at radius 1 is 1.44 bits per heavy atom. The van der Waals surface area contributed by atoms with Crippen LogP contribution < -0.4 is 0 Å². The van der Waals surface area contributed by atoms with Crippen LogP contribution >= 0.6 is 0 Å². The van der Waals surface area contributed by atoms with Crippen molar-refractivity contribution in [3.8, 4) is 0 Å². The number of amides is 1. The van der Waals surface area contributed by atoms with Gasteiger partial charge >= 0.3 is 0 Å². The van der Waals surface area contributed by atoms with Gasteiger partial charge in [0, 0.05) is 18.7 Å². The van der Waals surface area contributed by atoms with Crippen LogP contribution in [0.15, 0.2) is 24.4 Å². The van der Waals surface area contributed by atoms with Crippen molar-refractivity contribution in [3.63, 3.8) is 0 Å². The second-order valence-corrected chi connectivity index (χ2v) is 5.75. The van der Waals surface area contributed by atoms with Crippen molar-refractivity contribution in [1.29, 1.82) is 0 Å². The highest BCUT2D eigenvalue weighted by Crippen LogP contribution is 2.32. The van der Waals surface area contributed by atoms with E-state index in [0.717, 1.165) is 18.7 Å². The van der Waals surface area contributed by atoms with Gasteiger partial charge in [0.2, 0.25) is 5.91 Å². The maximum atomic E-state index is 11.6. The lowest BCUT2D eigenvalue weighted by Crippen LogP contribution is -2.31. The van der Waals surface area contributed by atoms with Gasteiger partial charge in [-0.3, -0.25) is 4.79 Å². The van der Waals surface area contributed by atoms with Crippen LogP contribution in [-0.4, -0.2) is 17.4 Å². The van der Waals surface area contributed by atoms with E-state index in [1.807, 2.05) is 4.90 Å². The number of hydrogen-bond donors (Lipinski definition) is 0. The summed E-state index contributed by atoms with van der Waals surface area (Å²) in [5, 5.41) is 0. The molecule has 16 heavy (non-hydrogen) atoms. The monoisotopic (exact) mass is 221 g/mol. The van der Waals surface area contributed by atoms with E-state index >= 15 is 0 Å². The molecule has 0 spiro atoms. The van der Waals surface area contributed by atoms with E-state index in [1.165, 1.54) is 5.57 Å². The van der Waals surface area contributed by atoms with Gasteiger partial charge in [0.1, 0.15) is 0 Å². The summed E-state index contributed by atoms with van der Waals surface area (Å²) in [7, 11) is 0. The molecule has 1 atom stereocenters. The summed E-state index contributed by atoms with van der Waals surface area (Å²) in [5.41, 5.74) is 2.25. The highest BCUT2D eigenvalue weighted by atomic mass is 16.2. The van der Waals surface area contributed by atoms with Crippen LogP contribution in [0.3, 0.4) is 0 Å². The zero-order valence-electron chi connectivity index (χ0n) is 11.0. The molecule has 1 aliphatic heterocycles. The SMILES string of the molecule is C=C1CCC(=O)N1CC(C)C(=C)C(C)(C)C. The summed E-state index contributed by atoms with van der Waals surface area (Å²) < 4.78 is 0. The van der Waals surface area contributed by atoms with Crippen LogP contribution in [0.25, 0.3) is 0 Å². The number of nitrogens with zero attached hydrogens (tertiary/aromatic N) is 1. The first-order chi connectivity index (χ1) is 7.23. The van der Waals surface area contributed by atoms with Gasteiger partial charge < -0.3 is 4.90 Å². The Kier molecular flexibility index (Phi) is 3.61. The normalized spacial score (nSPS) is 19.1. The Labute approximate surface area is 99.0 Å². The minimum atomic E-state index is 0.101. The van der Waals surface area contributed by atoms with E-state index in [4.69, 9.17) is 0 Å². The fraction of sp³-hybridized carbons (Fsp3) is 0.643. The van der Waals surface area contributed by atoms with Gasteiger partial charge in [0.15, 0.2) is 0 Å². The topological polar surface area (TPSA) is 20.3 Å². The molecule has 0 aromatic rings. The smallest absolute Gasteiger partial charge is 0.227 e. The summed E-state index contributed by atoms with van der Waals surface area (Å²) in [5.74, 6) is 0.525. The molecule has 0 radical (unpaired) electrons. The molecule has 90 valence electrons. The van der Waals surface area contributed by atoms with Gasteiger partial charge in [-0.15, -0.1) is 0 Å². The molecular formula is C14H23NO. The molecule has 0 saturated carbocycles.